The summed E-state index contributed by atoms with van der Waals surface area (Å²) in [4.78, 5) is 4.44. The summed E-state index contributed by atoms with van der Waals surface area (Å²) in [6, 6.07) is 8.69. The molecule has 0 saturated heterocycles. The third-order valence-electron chi connectivity index (χ3n) is 3.51. The van der Waals surface area contributed by atoms with Gasteiger partial charge in [0.05, 0.1) is 5.52 Å². The second-order valence-electron chi connectivity index (χ2n) is 4.87. The Morgan fingerprint density at radius 3 is 2.78 bits per heavy atom. The van der Waals surface area contributed by atoms with Gasteiger partial charge in [0, 0.05) is 23.8 Å². The fourth-order valence-electron chi connectivity index (χ4n) is 2.12. The Labute approximate surface area is 109 Å². The first kappa shape index (κ1) is 12.9. The van der Waals surface area contributed by atoms with Crippen LogP contribution in [0.1, 0.15) is 45.1 Å². The van der Waals surface area contributed by atoms with E-state index in [4.69, 9.17) is 0 Å². The molecule has 0 aliphatic heterocycles. The molecule has 2 nitrogen and oxygen atoms in total. The van der Waals surface area contributed by atoms with Crippen LogP contribution in [0.25, 0.3) is 10.9 Å². The number of benzene rings is 1. The van der Waals surface area contributed by atoms with Crippen molar-refractivity contribution in [3.8, 4) is 0 Å². The Bertz CT molecular complexity index is 519. The van der Waals surface area contributed by atoms with Crippen molar-refractivity contribution in [1.29, 1.82) is 0 Å². The van der Waals surface area contributed by atoms with Crippen LogP contribution < -0.4 is 5.32 Å². The number of hydrogen-bond acceptors (Lipinski definition) is 2. The first-order valence-corrected chi connectivity index (χ1v) is 6.88. The molecule has 1 N–H and O–H groups in total. The van der Waals surface area contributed by atoms with Crippen LogP contribution in [0.2, 0.25) is 0 Å². The van der Waals surface area contributed by atoms with Crippen LogP contribution in [-0.2, 0) is 0 Å². The van der Waals surface area contributed by atoms with Crippen molar-refractivity contribution in [1.82, 2.24) is 4.98 Å². The van der Waals surface area contributed by atoms with Gasteiger partial charge in [0.1, 0.15) is 0 Å². The Morgan fingerprint density at radius 1 is 1.22 bits per heavy atom. The molecule has 0 spiro atoms. The lowest BCUT2D eigenvalue weighted by Gasteiger charge is -2.13. The van der Waals surface area contributed by atoms with Crippen LogP contribution >= 0.6 is 0 Å². The molecule has 0 amide bonds. The Hall–Kier alpha value is -1.57. The van der Waals surface area contributed by atoms with Gasteiger partial charge in [0.2, 0.25) is 0 Å². The highest BCUT2D eigenvalue weighted by molar-refractivity contribution is 5.91. The third-order valence-corrected chi connectivity index (χ3v) is 3.51. The fraction of sp³-hybridized carbons (Fsp3) is 0.438. The lowest BCUT2D eigenvalue weighted by molar-refractivity contribution is 0.734. The van der Waals surface area contributed by atoms with Gasteiger partial charge in [-0.3, -0.25) is 4.98 Å². The van der Waals surface area contributed by atoms with Crippen molar-refractivity contribution in [2.75, 3.05) is 11.9 Å². The summed E-state index contributed by atoms with van der Waals surface area (Å²) < 4.78 is 0. The van der Waals surface area contributed by atoms with E-state index in [1.165, 1.54) is 23.1 Å². The zero-order chi connectivity index (χ0) is 13.0. The molecule has 2 rings (SSSR count). The second-order valence-corrected chi connectivity index (χ2v) is 4.87. The molecule has 96 valence electrons. The van der Waals surface area contributed by atoms with E-state index in [1.54, 1.807) is 0 Å². The van der Waals surface area contributed by atoms with Crippen molar-refractivity contribution in [2.45, 2.75) is 39.5 Å². The molecule has 1 atom stereocenters. The van der Waals surface area contributed by atoms with Gasteiger partial charge in [0.15, 0.2) is 0 Å². The average Bonchev–Trinajstić information content (AvgIpc) is 2.43. The number of pyridine rings is 1. The first-order chi connectivity index (χ1) is 8.76. The highest BCUT2D eigenvalue weighted by Crippen LogP contribution is 2.27. The number of rotatable bonds is 5. The zero-order valence-corrected chi connectivity index (χ0v) is 11.5. The maximum Gasteiger partial charge on any atom is 0.0722 e. The van der Waals surface area contributed by atoms with E-state index in [9.17, 15) is 0 Å². The van der Waals surface area contributed by atoms with Gasteiger partial charge < -0.3 is 5.32 Å². The minimum atomic E-state index is 0.605. The molecule has 0 radical (unpaired) electrons. The predicted octanol–water partition coefficient (Wildman–Crippen LogP) is 4.57. The van der Waals surface area contributed by atoms with Gasteiger partial charge in [-0.15, -0.1) is 0 Å². The summed E-state index contributed by atoms with van der Waals surface area (Å²) >= 11 is 0. The Balaban J connectivity index is 2.44. The van der Waals surface area contributed by atoms with Crippen molar-refractivity contribution in [3.05, 3.63) is 36.0 Å². The molecule has 18 heavy (non-hydrogen) atoms. The van der Waals surface area contributed by atoms with Crippen molar-refractivity contribution >= 4 is 16.6 Å². The minimum Gasteiger partial charge on any atom is -0.384 e. The Kier molecular flexibility index (Phi) is 4.19. The van der Waals surface area contributed by atoms with Crippen LogP contribution in [0, 0.1) is 0 Å². The first-order valence-electron chi connectivity index (χ1n) is 6.88. The molecule has 2 heteroatoms. The normalized spacial score (nSPS) is 12.6. The molecule has 0 saturated carbocycles. The lowest BCUT2D eigenvalue weighted by atomic mass is 9.97. The van der Waals surface area contributed by atoms with E-state index in [-0.39, 0.29) is 0 Å². The summed E-state index contributed by atoms with van der Waals surface area (Å²) in [7, 11) is 0. The molecule has 0 aliphatic carbocycles. The quantitative estimate of drug-likeness (QED) is 0.830. The minimum absolute atomic E-state index is 0.605. The lowest BCUT2D eigenvalue weighted by Crippen LogP contribution is -2.01. The van der Waals surface area contributed by atoms with Crippen LogP contribution in [0.5, 0.6) is 0 Å². The highest BCUT2D eigenvalue weighted by atomic mass is 14.9. The van der Waals surface area contributed by atoms with Crippen molar-refractivity contribution in [2.24, 2.45) is 0 Å². The summed E-state index contributed by atoms with van der Waals surface area (Å²) in [6.07, 6.45) is 4.18. The van der Waals surface area contributed by atoms with Gasteiger partial charge in [-0.2, -0.15) is 0 Å². The molecular weight excluding hydrogens is 220 g/mol. The maximum absolute atomic E-state index is 4.44. The maximum atomic E-state index is 4.44. The van der Waals surface area contributed by atoms with E-state index in [0.29, 0.717) is 5.92 Å². The monoisotopic (exact) mass is 242 g/mol. The van der Waals surface area contributed by atoms with E-state index >= 15 is 0 Å². The number of fused-ring (bicyclic) bond motifs is 1. The molecule has 0 fully saturated rings. The van der Waals surface area contributed by atoms with Crippen LogP contribution in [0.3, 0.4) is 0 Å². The van der Waals surface area contributed by atoms with Gasteiger partial charge in [-0.05, 0) is 42.5 Å². The van der Waals surface area contributed by atoms with Crippen molar-refractivity contribution in [3.63, 3.8) is 0 Å². The van der Waals surface area contributed by atoms with E-state index < -0.39 is 0 Å². The standard InChI is InChI=1S/C16H22N2/c1-4-9-17-16-8-10-18-15-7-6-13(11-14(15)16)12(3)5-2/h6-8,10-12H,4-5,9H2,1-3H3,(H,17,18). The summed E-state index contributed by atoms with van der Waals surface area (Å²) in [5, 5.41) is 4.72. The van der Waals surface area contributed by atoms with Gasteiger partial charge in [-0.1, -0.05) is 26.8 Å². The van der Waals surface area contributed by atoms with Crippen LogP contribution in [0.4, 0.5) is 5.69 Å². The molecule has 2 aromatic rings. The smallest absolute Gasteiger partial charge is 0.0722 e. The second kappa shape index (κ2) is 5.85. The van der Waals surface area contributed by atoms with Crippen LogP contribution in [0.15, 0.2) is 30.5 Å². The number of aromatic nitrogens is 1. The van der Waals surface area contributed by atoms with Gasteiger partial charge in [0.25, 0.3) is 0 Å². The van der Waals surface area contributed by atoms with Crippen LogP contribution in [-0.4, -0.2) is 11.5 Å². The predicted molar refractivity (Wildman–Crippen MR) is 79.2 cm³/mol. The summed E-state index contributed by atoms with van der Waals surface area (Å²) in [6.45, 7) is 7.69. The fourth-order valence-corrected chi connectivity index (χ4v) is 2.12. The largest absolute Gasteiger partial charge is 0.384 e. The molecule has 1 unspecified atom stereocenters. The topological polar surface area (TPSA) is 24.9 Å². The van der Waals surface area contributed by atoms with E-state index in [0.717, 1.165) is 18.5 Å². The average molecular weight is 242 g/mol. The number of anilines is 1. The third kappa shape index (κ3) is 2.63. The Morgan fingerprint density at radius 2 is 2.06 bits per heavy atom. The molecule has 0 aliphatic rings. The number of hydrogen-bond donors (Lipinski definition) is 1. The van der Waals surface area contributed by atoms with Crippen molar-refractivity contribution < 1.29 is 0 Å². The number of nitrogens with one attached hydrogen (secondary N) is 1. The van der Waals surface area contributed by atoms with E-state index in [1.807, 2.05) is 6.20 Å². The molecule has 0 bridgehead atoms. The van der Waals surface area contributed by atoms with E-state index in [2.05, 4.69) is 55.3 Å². The highest BCUT2D eigenvalue weighted by Gasteiger charge is 2.06. The molecular formula is C16H22N2. The summed E-state index contributed by atoms with van der Waals surface area (Å²) in [5.74, 6) is 0.605. The molecule has 1 aromatic heterocycles. The molecule has 1 heterocycles. The SMILES string of the molecule is CCCNc1ccnc2ccc(C(C)CC)cc12. The summed E-state index contributed by atoms with van der Waals surface area (Å²) in [5.41, 5.74) is 3.67. The van der Waals surface area contributed by atoms with Gasteiger partial charge in [-0.25, -0.2) is 0 Å². The van der Waals surface area contributed by atoms with Gasteiger partial charge >= 0.3 is 0 Å². The molecule has 1 aromatic carbocycles. The number of nitrogens with zero attached hydrogens (tertiary/aromatic N) is 1. The zero-order valence-electron chi connectivity index (χ0n) is 11.5.